The minimum absolute atomic E-state index is 0.355. The maximum absolute atomic E-state index is 11.3. The molecule has 0 saturated carbocycles. The molecule has 0 bridgehead atoms. The Morgan fingerprint density at radius 1 is 1.53 bits per heavy atom. The Bertz CT molecular complexity index is 308. The number of ether oxygens (including phenoxy) is 2. The highest BCUT2D eigenvalue weighted by atomic mass is 32.2. The molecule has 0 N–H and O–H groups in total. The first-order chi connectivity index (χ1) is 7.29. The Balaban J connectivity index is 2.46. The molecule has 0 spiro atoms. The van der Waals surface area contributed by atoms with Gasteiger partial charge < -0.3 is 13.9 Å². The maximum Gasteiger partial charge on any atom is 0.341 e. The Labute approximate surface area is 92.9 Å². The molecule has 0 fully saturated rings. The topological polar surface area (TPSA) is 48.7 Å². The Kier molecular flexibility index (Phi) is 5.28. The van der Waals surface area contributed by atoms with Crippen LogP contribution < -0.4 is 0 Å². The third kappa shape index (κ3) is 3.60. The van der Waals surface area contributed by atoms with Crippen LogP contribution in [0.1, 0.15) is 16.1 Å². The van der Waals surface area contributed by atoms with Crippen molar-refractivity contribution in [3.63, 3.8) is 0 Å². The highest BCUT2D eigenvalue weighted by molar-refractivity contribution is 7.98. The fourth-order valence-electron chi connectivity index (χ4n) is 1.05. The summed E-state index contributed by atoms with van der Waals surface area (Å²) in [6, 6.07) is 1.62. The van der Waals surface area contributed by atoms with Crippen LogP contribution in [0, 0.1) is 0 Å². The SMILES string of the molecule is COCCSCc1occc1C(=O)OC. The largest absolute Gasteiger partial charge is 0.468 e. The van der Waals surface area contributed by atoms with Crippen LogP contribution >= 0.6 is 11.8 Å². The molecule has 0 aliphatic carbocycles. The van der Waals surface area contributed by atoms with Crippen molar-refractivity contribution in [2.45, 2.75) is 5.75 Å². The molecule has 1 rings (SSSR count). The fourth-order valence-corrected chi connectivity index (χ4v) is 1.89. The van der Waals surface area contributed by atoms with Gasteiger partial charge in [0.15, 0.2) is 0 Å². The van der Waals surface area contributed by atoms with E-state index in [2.05, 4.69) is 4.74 Å². The molecule has 0 saturated heterocycles. The molecule has 0 atom stereocenters. The lowest BCUT2D eigenvalue weighted by molar-refractivity contribution is 0.0598. The molecule has 0 aliphatic heterocycles. The lowest BCUT2D eigenvalue weighted by Gasteiger charge is -2.01. The van der Waals surface area contributed by atoms with Gasteiger partial charge in [0, 0.05) is 12.9 Å². The Hall–Kier alpha value is -0.940. The first kappa shape index (κ1) is 12.1. The van der Waals surface area contributed by atoms with Crippen molar-refractivity contribution in [1.29, 1.82) is 0 Å². The van der Waals surface area contributed by atoms with Crippen molar-refractivity contribution in [1.82, 2.24) is 0 Å². The number of rotatable bonds is 6. The lowest BCUT2D eigenvalue weighted by atomic mass is 10.3. The molecule has 1 aromatic rings. The summed E-state index contributed by atoms with van der Waals surface area (Å²) in [5.41, 5.74) is 0.502. The molecule has 0 aliphatic rings. The third-order valence-electron chi connectivity index (χ3n) is 1.82. The molecule has 0 radical (unpaired) electrons. The van der Waals surface area contributed by atoms with E-state index in [-0.39, 0.29) is 5.97 Å². The van der Waals surface area contributed by atoms with E-state index in [4.69, 9.17) is 9.15 Å². The monoisotopic (exact) mass is 230 g/mol. The van der Waals surface area contributed by atoms with E-state index in [0.717, 1.165) is 5.75 Å². The molecule has 1 aromatic heterocycles. The fraction of sp³-hybridized carbons (Fsp3) is 0.500. The van der Waals surface area contributed by atoms with Gasteiger partial charge in [-0.25, -0.2) is 4.79 Å². The zero-order valence-corrected chi connectivity index (χ0v) is 9.63. The highest BCUT2D eigenvalue weighted by Gasteiger charge is 2.14. The zero-order chi connectivity index (χ0) is 11.1. The molecule has 84 valence electrons. The second-order valence-corrected chi connectivity index (χ2v) is 3.90. The van der Waals surface area contributed by atoms with Crippen LogP contribution in [-0.2, 0) is 15.2 Å². The lowest BCUT2D eigenvalue weighted by Crippen LogP contribution is -2.02. The van der Waals surface area contributed by atoms with Crippen LogP contribution in [0.5, 0.6) is 0 Å². The second-order valence-electron chi connectivity index (χ2n) is 2.79. The number of carbonyl (C=O) groups is 1. The van der Waals surface area contributed by atoms with Crippen molar-refractivity contribution in [2.75, 3.05) is 26.6 Å². The molecular weight excluding hydrogens is 216 g/mol. The number of esters is 1. The summed E-state index contributed by atoms with van der Waals surface area (Å²) in [6.45, 7) is 0.693. The predicted octanol–water partition coefficient (Wildman–Crippen LogP) is 1.95. The predicted molar refractivity (Wildman–Crippen MR) is 58.1 cm³/mol. The van der Waals surface area contributed by atoms with Gasteiger partial charge >= 0.3 is 5.97 Å². The van der Waals surface area contributed by atoms with Crippen LogP contribution in [0.3, 0.4) is 0 Å². The van der Waals surface area contributed by atoms with Gasteiger partial charge in [0.2, 0.25) is 0 Å². The average Bonchev–Trinajstić information content (AvgIpc) is 2.71. The molecule has 1 heterocycles. The van der Waals surface area contributed by atoms with E-state index in [0.29, 0.717) is 23.7 Å². The standard InChI is InChI=1S/C10H14O4S/c1-12-5-6-15-7-9-8(3-4-14-9)10(11)13-2/h3-4H,5-7H2,1-2H3. The van der Waals surface area contributed by atoms with E-state index in [1.54, 1.807) is 24.9 Å². The number of furan rings is 1. The number of carbonyl (C=O) groups excluding carboxylic acids is 1. The molecule has 0 unspecified atom stereocenters. The molecule has 15 heavy (non-hydrogen) atoms. The number of thioether (sulfide) groups is 1. The van der Waals surface area contributed by atoms with E-state index in [1.807, 2.05) is 0 Å². The summed E-state index contributed by atoms with van der Waals surface area (Å²) in [7, 11) is 3.02. The molecule has 0 aromatic carbocycles. The zero-order valence-electron chi connectivity index (χ0n) is 8.82. The van der Waals surface area contributed by atoms with Crippen LogP contribution in [0.4, 0.5) is 0 Å². The minimum atomic E-state index is -0.355. The van der Waals surface area contributed by atoms with E-state index >= 15 is 0 Å². The first-order valence-electron chi connectivity index (χ1n) is 4.51. The highest BCUT2D eigenvalue weighted by Crippen LogP contribution is 2.18. The summed E-state index contributed by atoms with van der Waals surface area (Å²) in [4.78, 5) is 11.3. The summed E-state index contributed by atoms with van der Waals surface area (Å²) in [5, 5.41) is 0. The second kappa shape index (κ2) is 6.53. The molecular formula is C10H14O4S. The van der Waals surface area contributed by atoms with E-state index < -0.39 is 0 Å². The number of methoxy groups -OCH3 is 2. The van der Waals surface area contributed by atoms with Crippen molar-refractivity contribution in [3.05, 3.63) is 23.7 Å². The van der Waals surface area contributed by atoms with Crippen molar-refractivity contribution in [2.24, 2.45) is 0 Å². The van der Waals surface area contributed by atoms with Gasteiger partial charge in [-0.3, -0.25) is 0 Å². The summed E-state index contributed by atoms with van der Waals surface area (Å²) < 4.78 is 14.8. The van der Waals surface area contributed by atoms with E-state index in [1.165, 1.54) is 13.4 Å². The first-order valence-corrected chi connectivity index (χ1v) is 5.66. The maximum atomic E-state index is 11.3. The van der Waals surface area contributed by atoms with Gasteiger partial charge in [0.05, 0.1) is 25.7 Å². The van der Waals surface area contributed by atoms with Crippen molar-refractivity contribution in [3.8, 4) is 0 Å². The molecule has 0 amide bonds. The normalized spacial score (nSPS) is 10.3. The van der Waals surface area contributed by atoms with Gasteiger partial charge in [-0.15, -0.1) is 0 Å². The summed E-state index contributed by atoms with van der Waals surface area (Å²) in [6.07, 6.45) is 1.50. The van der Waals surface area contributed by atoms with Crippen LogP contribution in [-0.4, -0.2) is 32.5 Å². The average molecular weight is 230 g/mol. The number of hydrogen-bond acceptors (Lipinski definition) is 5. The molecule has 5 heteroatoms. The van der Waals surface area contributed by atoms with E-state index in [9.17, 15) is 4.79 Å². The van der Waals surface area contributed by atoms with Crippen LogP contribution in [0.25, 0.3) is 0 Å². The van der Waals surface area contributed by atoms with Gasteiger partial charge in [0.25, 0.3) is 0 Å². The smallest absolute Gasteiger partial charge is 0.341 e. The number of hydrogen-bond donors (Lipinski definition) is 0. The van der Waals surface area contributed by atoms with Gasteiger partial charge in [-0.2, -0.15) is 11.8 Å². The van der Waals surface area contributed by atoms with Crippen LogP contribution in [0.2, 0.25) is 0 Å². The van der Waals surface area contributed by atoms with Crippen molar-refractivity contribution < 1.29 is 18.7 Å². The van der Waals surface area contributed by atoms with Crippen molar-refractivity contribution >= 4 is 17.7 Å². The minimum Gasteiger partial charge on any atom is -0.468 e. The van der Waals surface area contributed by atoms with Gasteiger partial charge in [-0.1, -0.05) is 0 Å². The summed E-state index contributed by atoms with van der Waals surface area (Å²) in [5.74, 6) is 1.83. The van der Waals surface area contributed by atoms with Gasteiger partial charge in [0.1, 0.15) is 11.3 Å². The van der Waals surface area contributed by atoms with Crippen LogP contribution in [0.15, 0.2) is 16.7 Å². The quantitative estimate of drug-likeness (QED) is 0.552. The molecule has 4 nitrogen and oxygen atoms in total. The Morgan fingerprint density at radius 2 is 2.33 bits per heavy atom. The van der Waals surface area contributed by atoms with Gasteiger partial charge in [-0.05, 0) is 6.07 Å². The summed E-state index contributed by atoms with van der Waals surface area (Å²) >= 11 is 1.65. The Morgan fingerprint density at radius 3 is 3.00 bits per heavy atom. The third-order valence-corrected chi connectivity index (χ3v) is 2.74.